The largest absolute Gasteiger partial charge is 0.481 e. The highest BCUT2D eigenvalue weighted by molar-refractivity contribution is 5.91. The first-order valence-corrected chi connectivity index (χ1v) is 6.54. The number of aryl methyl sites for hydroxylation is 1. The molecule has 5 nitrogen and oxygen atoms in total. The van der Waals surface area contributed by atoms with E-state index in [4.69, 9.17) is 5.11 Å². The van der Waals surface area contributed by atoms with Crippen LogP contribution in [0.25, 0.3) is 10.9 Å². The van der Waals surface area contributed by atoms with Crippen LogP contribution in [0.3, 0.4) is 0 Å². The van der Waals surface area contributed by atoms with Crippen molar-refractivity contribution in [2.24, 2.45) is 0 Å². The highest BCUT2D eigenvalue weighted by Gasteiger charge is 2.14. The van der Waals surface area contributed by atoms with Gasteiger partial charge >= 0.3 is 5.97 Å². The van der Waals surface area contributed by atoms with E-state index in [1.165, 1.54) is 0 Å². The number of amides is 1. The summed E-state index contributed by atoms with van der Waals surface area (Å²) >= 11 is 0. The number of nitrogens with one attached hydrogen (secondary N) is 2. The van der Waals surface area contributed by atoms with Crippen molar-refractivity contribution in [2.75, 3.05) is 0 Å². The van der Waals surface area contributed by atoms with Gasteiger partial charge in [-0.05, 0) is 31.0 Å². The first-order valence-electron chi connectivity index (χ1n) is 6.54. The standard InChI is InChI=1S/C15H18N2O3/c1-9-4-3-5-12-15(9)11(8-16-12)7-13(18)17-10(2)6-14(19)20/h3-5,8,10,16H,6-7H2,1-2H3,(H,17,18)(H,19,20). The normalized spacial score (nSPS) is 12.3. The van der Waals surface area contributed by atoms with Crippen molar-refractivity contribution in [1.29, 1.82) is 0 Å². The van der Waals surface area contributed by atoms with Crippen LogP contribution in [0.5, 0.6) is 0 Å². The lowest BCUT2D eigenvalue weighted by Crippen LogP contribution is -2.35. The summed E-state index contributed by atoms with van der Waals surface area (Å²) in [5.41, 5.74) is 3.05. The Labute approximate surface area is 117 Å². The number of benzene rings is 1. The molecule has 1 amide bonds. The lowest BCUT2D eigenvalue weighted by Gasteiger charge is -2.11. The Morgan fingerprint density at radius 2 is 2.15 bits per heavy atom. The van der Waals surface area contributed by atoms with Crippen LogP contribution in [0.15, 0.2) is 24.4 Å². The minimum absolute atomic E-state index is 0.0708. The molecule has 1 aromatic heterocycles. The third-order valence-electron chi connectivity index (χ3n) is 3.24. The second kappa shape index (κ2) is 5.77. The predicted molar refractivity (Wildman–Crippen MR) is 76.6 cm³/mol. The molecule has 106 valence electrons. The molecule has 0 saturated carbocycles. The molecule has 0 aliphatic carbocycles. The van der Waals surface area contributed by atoms with Crippen molar-refractivity contribution in [2.45, 2.75) is 32.7 Å². The molecular formula is C15H18N2O3. The maximum Gasteiger partial charge on any atom is 0.305 e. The molecule has 0 aliphatic rings. The van der Waals surface area contributed by atoms with Crippen LogP contribution in [0.1, 0.15) is 24.5 Å². The number of aromatic amines is 1. The Bertz CT molecular complexity index is 646. The number of fused-ring (bicyclic) bond motifs is 1. The van der Waals surface area contributed by atoms with Crippen LogP contribution in [-0.2, 0) is 16.0 Å². The number of carboxylic acids is 1. The van der Waals surface area contributed by atoms with Crippen LogP contribution in [0.2, 0.25) is 0 Å². The van der Waals surface area contributed by atoms with Crippen molar-refractivity contribution in [1.82, 2.24) is 10.3 Å². The molecule has 1 atom stereocenters. The molecule has 0 radical (unpaired) electrons. The number of hydrogen-bond donors (Lipinski definition) is 3. The van der Waals surface area contributed by atoms with Gasteiger partial charge in [-0.25, -0.2) is 0 Å². The molecule has 2 rings (SSSR count). The lowest BCUT2D eigenvalue weighted by atomic mass is 10.1. The SMILES string of the molecule is Cc1cccc2[nH]cc(CC(=O)NC(C)CC(=O)O)c12. The van der Waals surface area contributed by atoms with Gasteiger partial charge in [-0.3, -0.25) is 9.59 Å². The van der Waals surface area contributed by atoms with Crippen molar-refractivity contribution in [3.05, 3.63) is 35.5 Å². The first kappa shape index (κ1) is 14.1. The van der Waals surface area contributed by atoms with Crippen LogP contribution >= 0.6 is 0 Å². The van der Waals surface area contributed by atoms with E-state index < -0.39 is 5.97 Å². The number of rotatable bonds is 5. The lowest BCUT2D eigenvalue weighted by molar-refractivity contribution is -0.137. The zero-order chi connectivity index (χ0) is 14.7. The highest BCUT2D eigenvalue weighted by atomic mass is 16.4. The molecule has 1 heterocycles. The van der Waals surface area contributed by atoms with Gasteiger partial charge in [0.25, 0.3) is 0 Å². The molecule has 0 spiro atoms. The van der Waals surface area contributed by atoms with Gasteiger partial charge in [0.05, 0.1) is 12.8 Å². The Kier molecular flexibility index (Phi) is 4.08. The van der Waals surface area contributed by atoms with Gasteiger partial charge in [-0.1, -0.05) is 12.1 Å². The Hall–Kier alpha value is -2.30. The number of carbonyl (C=O) groups excluding carboxylic acids is 1. The second-order valence-corrected chi connectivity index (χ2v) is 5.05. The zero-order valence-electron chi connectivity index (χ0n) is 11.6. The van der Waals surface area contributed by atoms with Gasteiger partial charge in [0.2, 0.25) is 5.91 Å². The summed E-state index contributed by atoms with van der Waals surface area (Å²) in [6, 6.07) is 5.57. The van der Waals surface area contributed by atoms with Crippen LogP contribution in [0.4, 0.5) is 0 Å². The second-order valence-electron chi connectivity index (χ2n) is 5.05. The molecule has 1 aromatic carbocycles. The summed E-state index contributed by atoms with van der Waals surface area (Å²) in [5, 5.41) is 12.4. The summed E-state index contributed by atoms with van der Waals surface area (Å²) in [6.45, 7) is 3.69. The van der Waals surface area contributed by atoms with Crippen LogP contribution in [0, 0.1) is 6.92 Å². The smallest absolute Gasteiger partial charge is 0.305 e. The van der Waals surface area contributed by atoms with Gasteiger partial charge in [-0.2, -0.15) is 0 Å². The van der Waals surface area contributed by atoms with E-state index in [9.17, 15) is 9.59 Å². The monoisotopic (exact) mass is 274 g/mol. The first-order chi connectivity index (χ1) is 9.47. The third kappa shape index (κ3) is 3.17. The fraction of sp³-hybridized carbons (Fsp3) is 0.333. The van der Waals surface area contributed by atoms with Gasteiger partial charge < -0.3 is 15.4 Å². The van der Waals surface area contributed by atoms with Gasteiger partial charge in [0, 0.05) is 23.1 Å². The molecule has 2 aromatic rings. The minimum atomic E-state index is -0.916. The minimum Gasteiger partial charge on any atom is -0.481 e. The Balaban J connectivity index is 2.09. The van der Waals surface area contributed by atoms with E-state index in [0.717, 1.165) is 22.0 Å². The zero-order valence-corrected chi connectivity index (χ0v) is 11.6. The van der Waals surface area contributed by atoms with E-state index >= 15 is 0 Å². The topological polar surface area (TPSA) is 82.2 Å². The summed E-state index contributed by atoms with van der Waals surface area (Å²) in [6.07, 6.45) is 2.01. The number of carboxylic acid groups (broad SMARTS) is 1. The van der Waals surface area contributed by atoms with Crippen molar-refractivity contribution < 1.29 is 14.7 Å². The number of aromatic nitrogens is 1. The predicted octanol–water partition coefficient (Wildman–Crippen LogP) is 2.00. The van der Waals surface area contributed by atoms with Crippen molar-refractivity contribution in [3.63, 3.8) is 0 Å². The number of H-pyrrole nitrogens is 1. The average Bonchev–Trinajstić information content (AvgIpc) is 2.72. The van der Waals surface area contributed by atoms with E-state index in [1.54, 1.807) is 6.92 Å². The van der Waals surface area contributed by atoms with Gasteiger partial charge in [0.1, 0.15) is 0 Å². The van der Waals surface area contributed by atoms with Crippen LogP contribution in [-0.4, -0.2) is 28.0 Å². The molecule has 0 bridgehead atoms. The van der Waals surface area contributed by atoms with Crippen LogP contribution < -0.4 is 5.32 Å². The summed E-state index contributed by atoms with van der Waals surface area (Å²) in [7, 11) is 0. The Morgan fingerprint density at radius 1 is 1.40 bits per heavy atom. The fourth-order valence-electron chi connectivity index (χ4n) is 2.40. The molecule has 0 fully saturated rings. The molecule has 20 heavy (non-hydrogen) atoms. The third-order valence-corrected chi connectivity index (χ3v) is 3.24. The average molecular weight is 274 g/mol. The van der Waals surface area contributed by atoms with E-state index in [0.29, 0.717) is 0 Å². The number of hydrogen-bond acceptors (Lipinski definition) is 2. The fourth-order valence-corrected chi connectivity index (χ4v) is 2.40. The van der Waals surface area contributed by atoms with Gasteiger partial charge in [0.15, 0.2) is 0 Å². The Morgan fingerprint density at radius 3 is 2.85 bits per heavy atom. The van der Waals surface area contributed by atoms with E-state index in [2.05, 4.69) is 10.3 Å². The highest BCUT2D eigenvalue weighted by Crippen LogP contribution is 2.22. The van der Waals surface area contributed by atoms with Crippen molar-refractivity contribution in [3.8, 4) is 0 Å². The summed E-state index contributed by atoms with van der Waals surface area (Å²) in [4.78, 5) is 25.7. The van der Waals surface area contributed by atoms with E-state index in [-0.39, 0.29) is 24.8 Å². The molecule has 5 heteroatoms. The molecule has 1 unspecified atom stereocenters. The maximum absolute atomic E-state index is 11.9. The summed E-state index contributed by atoms with van der Waals surface area (Å²) < 4.78 is 0. The van der Waals surface area contributed by atoms with Gasteiger partial charge in [-0.15, -0.1) is 0 Å². The quantitative estimate of drug-likeness (QED) is 0.780. The number of aliphatic carboxylic acids is 1. The molecule has 0 saturated heterocycles. The summed E-state index contributed by atoms with van der Waals surface area (Å²) in [5.74, 6) is -1.08. The molecule has 0 aliphatic heterocycles. The number of carbonyl (C=O) groups is 2. The van der Waals surface area contributed by atoms with Crippen molar-refractivity contribution >= 4 is 22.8 Å². The van der Waals surface area contributed by atoms with E-state index in [1.807, 2.05) is 31.3 Å². The maximum atomic E-state index is 11.9. The molecule has 3 N–H and O–H groups in total. The molecular weight excluding hydrogens is 256 g/mol.